The Labute approximate surface area is 121 Å². The van der Waals surface area contributed by atoms with Gasteiger partial charge in [0.2, 0.25) is 0 Å². The fourth-order valence-electron chi connectivity index (χ4n) is 5.13. The molecule has 2 saturated carbocycles. The molecule has 3 heteroatoms. The van der Waals surface area contributed by atoms with E-state index in [9.17, 15) is 9.90 Å². The molecule has 0 bridgehead atoms. The third kappa shape index (κ3) is 1.65. The predicted octanol–water partition coefficient (Wildman–Crippen LogP) is 3.22. The SMILES string of the molecule is CC(=O)OC12CCC1(C)CC1CC(C)(CO)CC1=C2C. The lowest BCUT2D eigenvalue weighted by molar-refractivity contribution is -0.197. The van der Waals surface area contributed by atoms with Crippen LogP contribution < -0.4 is 0 Å². The molecule has 3 nitrogen and oxygen atoms in total. The Morgan fingerprint density at radius 2 is 2.05 bits per heavy atom. The second-order valence-electron chi connectivity index (χ2n) is 7.88. The Hall–Kier alpha value is -0.830. The van der Waals surface area contributed by atoms with Crippen molar-refractivity contribution in [2.75, 3.05) is 6.61 Å². The molecular formula is C17H26O3. The molecule has 4 atom stereocenters. The molecule has 3 rings (SSSR count). The van der Waals surface area contributed by atoms with Gasteiger partial charge >= 0.3 is 5.97 Å². The zero-order valence-electron chi connectivity index (χ0n) is 13.1. The van der Waals surface area contributed by atoms with Gasteiger partial charge in [0.15, 0.2) is 0 Å². The van der Waals surface area contributed by atoms with E-state index in [-0.39, 0.29) is 29.0 Å². The van der Waals surface area contributed by atoms with E-state index in [2.05, 4.69) is 20.8 Å². The highest BCUT2D eigenvalue weighted by Crippen LogP contribution is 2.67. The smallest absolute Gasteiger partial charge is 0.303 e. The summed E-state index contributed by atoms with van der Waals surface area (Å²) in [7, 11) is 0. The minimum Gasteiger partial charge on any atom is -0.454 e. The number of aliphatic hydroxyl groups excluding tert-OH is 1. The van der Waals surface area contributed by atoms with E-state index in [1.54, 1.807) is 0 Å². The van der Waals surface area contributed by atoms with Gasteiger partial charge in [0.05, 0.1) is 0 Å². The Morgan fingerprint density at radius 1 is 1.35 bits per heavy atom. The van der Waals surface area contributed by atoms with Gasteiger partial charge in [-0.15, -0.1) is 0 Å². The number of carbonyl (C=O) groups is 1. The van der Waals surface area contributed by atoms with Crippen LogP contribution in [0.25, 0.3) is 0 Å². The lowest BCUT2D eigenvalue weighted by Gasteiger charge is -2.61. The molecule has 0 amide bonds. The minimum atomic E-state index is -0.356. The first kappa shape index (κ1) is 14.1. The molecule has 0 saturated heterocycles. The Bertz CT molecular complexity index is 494. The third-order valence-electron chi connectivity index (χ3n) is 6.34. The summed E-state index contributed by atoms with van der Waals surface area (Å²) >= 11 is 0. The molecule has 4 unspecified atom stereocenters. The molecule has 0 aromatic heterocycles. The highest BCUT2D eigenvalue weighted by molar-refractivity contribution is 5.68. The maximum absolute atomic E-state index is 11.6. The third-order valence-corrected chi connectivity index (χ3v) is 6.34. The van der Waals surface area contributed by atoms with Gasteiger partial charge in [-0.1, -0.05) is 19.4 Å². The number of fused-ring (bicyclic) bond motifs is 2. The fourth-order valence-corrected chi connectivity index (χ4v) is 5.13. The highest BCUT2D eigenvalue weighted by Gasteiger charge is 2.64. The van der Waals surface area contributed by atoms with Gasteiger partial charge in [-0.05, 0) is 55.9 Å². The number of esters is 1. The van der Waals surface area contributed by atoms with Crippen molar-refractivity contribution in [1.29, 1.82) is 0 Å². The summed E-state index contributed by atoms with van der Waals surface area (Å²) in [6.07, 6.45) is 5.22. The van der Waals surface area contributed by atoms with Crippen molar-refractivity contribution in [2.24, 2.45) is 16.7 Å². The fraction of sp³-hybridized carbons (Fsp3) is 0.824. The van der Waals surface area contributed by atoms with Crippen molar-refractivity contribution in [1.82, 2.24) is 0 Å². The Balaban J connectivity index is 2.03. The van der Waals surface area contributed by atoms with Gasteiger partial charge in [-0.25, -0.2) is 0 Å². The van der Waals surface area contributed by atoms with Gasteiger partial charge in [0.25, 0.3) is 0 Å². The second-order valence-corrected chi connectivity index (χ2v) is 7.88. The quantitative estimate of drug-likeness (QED) is 0.623. The van der Waals surface area contributed by atoms with Gasteiger partial charge in [-0.3, -0.25) is 4.79 Å². The maximum Gasteiger partial charge on any atom is 0.303 e. The minimum absolute atomic E-state index is 0.0127. The Morgan fingerprint density at radius 3 is 2.55 bits per heavy atom. The normalized spacial score (nSPS) is 46.5. The van der Waals surface area contributed by atoms with Crippen LogP contribution in [-0.4, -0.2) is 23.3 Å². The second kappa shape index (κ2) is 4.09. The lowest BCUT2D eigenvalue weighted by atomic mass is 9.48. The molecule has 0 spiro atoms. The van der Waals surface area contributed by atoms with Crippen LogP contribution in [0, 0.1) is 16.7 Å². The molecule has 0 aromatic rings. The van der Waals surface area contributed by atoms with Crippen LogP contribution in [0.4, 0.5) is 0 Å². The van der Waals surface area contributed by atoms with E-state index < -0.39 is 0 Å². The average Bonchev–Trinajstić information content (AvgIpc) is 2.70. The van der Waals surface area contributed by atoms with E-state index in [0.717, 1.165) is 32.1 Å². The molecule has 20 heavy (non-hydrogen) atoms. The molecule has 3 aliphatic rings. The molecule has 0 radical (unpaired) electrons. The van der Waals surface area contributed by atoms with Crippen molar-refractivity contribution in [3.63, 3.8) is 0 Å². The van der Waals surface area contributed by atoms with Crippen molar-refractivity contribution in [3.05, 3.63) is 11.1 Å². The van der Waals surface area contributed by atoms with Crippen molar-refractivity contribution in [2.45, 2.75) is 65.4 Å². The van der Waals surface area contributed by atoms with Crippen molar-refractivity contribution < 1.29 is 14.6 Å². The summed E-state index contributed by atoms with van der Waals surface area (Å²) in [5.41, 5.74) is 2.50. The molecule has 2 fully saturated rings. The number of hydrogen-bond acceptors (Lipinski definition) is 3. The topological polar surface area (TPSA) is 46.5 Å². The summed E-state index contributed by atoms with van der Waals surface area (Å²) in [6.45, 7) is 8.37. The molecule has 0 heterocycles. The molecule has 112 valence electrons. The van der Waals surface area contributed by atoms with E-state index in [0.29, 0.717) is 5.92 Å². The number of hydrogen-bond donors (Lipinski definition) is 1. The lowest BCUT2D eigenvalue weighted by Crippen LogP contribution is -2.61. The monoisotopic (exact) mass is 278 g/mol. The van der Waals surface area contributed by atoms with Gasteiger partial charge in [0.1, 0.15) is 5.60 Å². The molecule has 0 aliphatic heterocycles. The van der Waals surface area contributed by atoms with Crippen LogP contribution in [0.3, 0.4) is 0 Å². The molecule has 3 aliphatic carbocycles. The standard InChI is InChI=1S/C17H26O3/c1-11-14-9-15(3,10-18)7-13(14)8-16(4)5-6-17(11,16)20-12(2)19/h13,18H,5-10H2,1-4H3. The van der Waals surface area contributed by atoms with Gasteiger partial charge in [-0.2, -0.15) is 0 Å². The zero-order valence-corrected chi connectivity index (χ0v) is 13.1. The number of ether oxygens (including phenoxy) is 1. The molecular weight excluding hydrogens is 252 g/mol. The van der Waals surface area contributed by atoms with Gasteiger partial charge < -0.3 is 9.84 Å². The predicted molar refractivity (Wildman–Crippen MR) is 77.1 cm³/mol. The van der Waals surface area contributed by atoms with Crippen molar-refractivity contribution in [3.8, 4) is 0 Å². The van der Waals surface area contributed by atoms with Crippen LogP contribution in [0.2, 0.25) is 0 Å². The molecule has 1 N–H and O–H groups in total. The van der Waals surface area contributed by atoms with E-state index in [4.69, 9.17) is 4.74 Å². The summed E-state index contributed by atoms with van der Waals surface area (Å²) in [4.78, 5) is 11.6. The number of aliphatic hydroxyl groups is 1. The number of rotatable bonds is 2. The van der Waals surface area contributed by atoms with Gasteiger partial charge in [0, 0.05) is 18.9 Å². The maximum atomic E-state index is 11.6. The van der Waals surface area contributed by atoms with E-state index in [1.807, 2.05) is 0 Å². The average molecular weight is 278 g/mol. The largest absolute Gasteiger partial charge is 0.454 e. The van der Waals surface area contributed by atoms with E-state index >= 15 is 0 Å². The van der Waals surface area contributed by atoms with Crippen LogP contribution >= 0.6 is 0 Å². The first-order valence-corrected chi connectivity index (χ1v) is 7.76. The zero-order chi connectivity index (χ0) is 14.8. The first-order chi connectivity index (χ1) is 9.25. The number of carbonyl (C=O) groups excluding carboxylic acids is 1. The summed E-state index contributed by atoms with van der Waals surface area (Å²) in [5.74, 6) is 0.401. The first-order valence-electron chi connectivity index (χ1n) is 7.76. The van der Waals surface area contributed by atoms with Crippen molar-refractivity contribution >= 4 is 5.97 Å². The number of allylic oxidation sites excluding steroid dienone is 1. The van der Waals surface area contributed by atoms with Crippen LogP contribution in [0.5, 0.6) is 0 Å². The summed E-state index contributed by atoms with van der Waals surface area (Å²) in [6, 6.07) is 0. The van der Waals surface area contributed by atoms with Crippen LogP contribution in [0.15, 0.2) is 11.1 Å². The Kier molecular flexibility index (Phi) is 2.89. The summed E-state index contributed by atoms with van der Waals surface area (Å²) in [5, 5.41) is 9.67. The summed E-state index contributed by atoms with van der Waals surface area (Å²) < 4.78 is 5.84. The highest BCUT2D eigenvalue weighted by atomic mass is 16.6. The van der Waals surface area contributed by atoms with Crippen LogP contribution in [-0.2, 0) is 9.53 Å². The molecule has 0 aromatic carbocycles. The van der Waals surface area contributed by atoms with E-state index in [1.165, 1.54) is 18.1 Å². The van der Waals surface area contributed by atoms with Crippen LogP contribution in [0.1, 0.15) is 59.8 Å².